The lowest BCUT2D eigenvalue weighted by atomic mass is 10.5. The van der Waals surface area contributed by atoms with Gasteiger partial charge in [-0.05, 0) is 6.92 Å². The molecule has 0 radical (unpaired) electrons. The third-order valence-electron chi connectivity index (χ3n) is 1.17. The Hall–Kier alpha value is 0.0600. The van der Waals surface area contributed by atoms with Crippen LogP contribution in [0, 0.1) is 0 Å². The lowest BCUT2D eigenvalue weighted by Crippen LogP contribution is -2.15. The Bertz CT molecular complexity index is 123. The van der Waals surface area contributed by atoms with Gasteiger partial charge in [0.05, 0.1) is 6.42 Å². The molecule has 0 atom stereocenters. The Morgan fingerprint density at radius 1 is 1.27 bits per heavy atom. The maximum atomic E-state index is 11.5. The second kappa shape index (κ2) is 3.64. The normalized spacial score (nSPS) is 15.1. The van der Waals surface area contributed by atoms with Crippen LogP contribution in [-0.2, 0) is 0 Å². The zero-order valence-electron chi connectivity index (χ0n) is 6.06. The Labute approximate surface area is 64.8 Å². The molecule has 0 aliphatic carbocycles. The first kappa shape index (κ1) is 11.1. The van der Waals surface area contributed by atoms with E-state index in [4.69, 9.17) is 9.11 Å². The van der Waals surface area contributed by atoms with Gasteiger partial charge in [0.25, 0.3) is 0 Å². The van der Waals surface area contributed by atoms with Gasteiger partial charge in [-0.3, -0.25) is 9.11 Å². The first-order valence-corrected chi connectivity index (χ1v) is 4.96. The Balaban J connectivity index is 3.70. The van der Waals surface area contributed by atoms with E-state index in [1.54, 1.807) is 0 Å². The molecule has 70 valence electrons. The topological polar surface area (TPSA) is 40.5 Å². The van der Waals surface area contributed by atoms with Crippen molar-refractivity contribution in [3.63, 3.8) is 0 Å². The average molecular weight is 192 g/mol. The standard InChI is InChI=1S/C5H11F3O2S/c1-2-11(9,10)4-3-5(6,7)8/h9-10H,2-4H2,1H3. The molecule has 0 rings (SSSR count). The van der Waals surface area contributed by atoms with E-state index in [0.29, 0.717) is 0 Å². The molecule has 0 aromatic heterocycles. The summed E-state index contributed by atoms with van der Waals surface area (Å²) in [4.78, 5) is 0. The molecule has 0 aliphatic rings. The van der Waals surface area contributed by atoms with E-state index < -0.39 is 28.9 Å². The molecular formula is C5H11F3O2S. The number of alkyl halides is 3. The van der Waals surface area contributed by atoms with Crippen molar-refractivity contribution in [1.82, 2.24) is 0 Å². The molecule has 0 spiro atoms. The highest BCUT2D eigenvalue weighted by atomic mass is 32.3. The van der Waals surface area contributed by atoms with Crippen molar-refractivity contribution in [2.75, 3.05) is 11.5 Å². The third kappa shape index (κ3) is 6.46. The molecule has 0 aromatic carbocycles. The minimum atomic E-state index is -4.29. The van der Waals surface area contributed by atoms with Gasteiger partial charge in [0.2, 0.25) is 0 Å². The lowest BCUT2D eigenvalue weighted by molar-refractivity contribution is -0.130. The Morgan fingerprint density at radius 2 is 1.73 bits per heavy atom. The van der Waals surface area contributed by atoms with Crippen molar-refractivity contribution in [1.29, 1.82) is 0 Å². The minimum Gasteiger partial charge on any atom is -0.299 e. The number of hydrogen-bond acceptors (Lipinski definition) is 2. The summed E-state index contributed by atoms with van der Waals surface area (Å²) in [6.07, 6.45) is -5.41. The molecule has 0 saturated carbocycles. The largest absolute Gasteiger partial charge is 0.390 e. The number of hydrogen-bond donors (Lipinski definition) is 2. The summed E-state index contributed by atoms with van der Waals surface area (Å²) in [5, 5.41) is 0. The van der Waals surface area contributed by atoms with Crippen LogP contribution in [0.4, 0.5) is 13.2 Å². The van der Waals surface area contributed by atoms with Gasteiger partial charge in [0.15, 0.2) is 0 Å². The summed E-state index contributed by atoms with van der Waals surface area (Å²) < 4.78 is 52.2. The highest BCUT2D eigenvalue weighted by Gasteiger charge is 2.29. The molecular weight excluding hydrogens is 181 g/mol. The van der Waals surface area contributed by atoms with Gasteiger partial charge in [-0.2, -0.15) is 23.8 Å². The quantitative estimate of drug-likeness (QED) is 0.721. The van der Waals surface area contributed by atoms with Crippen molar-refractivity contribution in [3.8, 4) is 0 Å². The van der Waals surface area contributed by atoms with E-state index in [1.807, 2.05) is 0 Å². The van der Waals surface area contributed by atoms with E-state index in [9.17, 15) is 13.2 Å². The minimum absolute atomic E-state index is 0.0108. The monoisotopic (exact) mass is 192 g/mol. The van der Waals surface area contributed by atoms with E-state index in [0.717, 1.165) is 0 Å². The van der Waals surface area contributed by atoms with E-state index >= 15 is 0 Å². The van der Waals surface area contributed by atoms with Crippen molar-refractivity contribution < 1.29 is 22.3 Å². The van der Waals surface area contributed by atoms with Gasteiger partial charge in [-0.15, -0.1) is 0 Å². The number of rotatable bonds is 3. The highest BCUT2D eigenvalue weighted by Crippen LogP contribution is 2.40. The Kier molecular flexibility index (Phi) is 3.66. The molecule has 0 aromatic rings. The van der Waals surface area contributed by atoms with Crippen LogP contribution in [0.2, 0.25) is 0 Å². The van der Waals surface area contributed by atoms with Crippen molar-refractivity contribution in [2.45, 2.75) is 19.5 Å². The summed E-state index contributed by atoms with van der Waals surface area (Å²) in [5.74, 6) is -0.587. The van der Waals surface area contributed by atoms with Crippen molar-refractivity contribution in [2.24, 2.45) is 0 Å². The summed E-state index contributed by atoms with van der Waals surface area (Å²) in [6.45, 7) is 1.45. The SMILES string of the molecule is CCS(O)(O)CCC(F)(F)F. The summed E-state index contributed by atoms with van der Waals surface area (Å²) >= 11 is 0. The first-order chi connectivity index (χ1) is 4.77. The van der Waals surface area contributed by atoms with Crippen LogP contribution in [0.15, 0.2) is 0 Å². The maximum Gasteiger partial charge on any atom is 0.390 e. The molecule has 2 N–H and O–H groups in total. The number of halogens is 3. The van der Waals surface area contributed by atoms with Gasteiger partial charge in [0.1, 0.15) is 0 Å². The van der Waals surface area contributed by atoms with Gasteiger partial charge >= 0.3 is 6.18 Å². The predicted molar refractivity (Wildman–Crippen MR) is 38.9 cm³/mol. The van der Waals surface area contributed by atoms with Gasteiger partial charge in [-0.1, -0.05) is 0 Å². The van der Waals surface area contributed by atoms with Crippen molar-refractivity contribution in [3.05, 3.63) is 0 Å². The fourth-order valence-electron chi connectivity index (χ4n) is 0.424. The van der Waals surface area contributed by atoms with E-state index in [2.05, 4.69) is 0 Å². The van der Waals surface area contributed by atoms with E-state index in [1.165, 1.54) is 6.92 Å². The molecule has 0 unspecified atom stereocenters. The Morgan fingerprint density at radius 3 is 2.00 bits per heavy atom. The molecule has 0 saturated heterocycles. The summed E-state index contributed by atoms with van der Waals surface area (Å²) in [6, 6.07) is 0. The molecule has 11 heavy (non-hydrogen) atoms. The van der Waals surface area contributed by atoms with Crippen LogP contribution in [0.5, 0.6) is 0 Å². The molecule has 0 aliphatic heterocycles. The summed E-state index contributed by atoms with van der Waals surface area (Å²) in [5.41, 5.74) is 0. The van der Waals surface area contributed by atoms with Gasteiger partial charge in [-0.25, -0.2) is 0 Å². The smallest absolute Gasteiger partial charge is 0.299 e. The van der Waals surface area contributed by atoms with Crippen LogP contribution in [0.3, 0.4) is 0 Å². The fourth-order valence-corrected chi connectivity index (χ4v) is 1.27. The predicted octanol–water partition coefficient (Wildman–Crippen LogP) is 2.71. The molecule has 0 heterocycles. The summed E-state index contributed by atoms with van der Waals surface area (Å²) in [7, 11) is -2.97. The first-order valence-electron chi connectivity index (χ1n) is 3.07. The fraction of sp³-hybridized carbons (Fsp3) is 1.00. The molecule has 6 heteroatoms. The van der Waals surface area contributed by atoms with Gasteiger partial charge < -0.3 is 0 Å². The zero-order chi connectivity index (χ0) is 9.12. The van der Waals surface area contributed by atoms with E-state index in [-0.39, 0.29) is 5.75 Å². The van der Waals surface area contributed by atoms with Crippen molar-refractivity contribution >= 4 is 10.6 Å². The maximum absolute atomic E-state index is 11.5. The highest BCUT2D eigenvalue weighted by molar-refractivity contribution is 8.24. The molecule has 2 nitrogen and oxygen atoms in total. The third-order valence-corrected chi connectivity index (χ3v) is 2.96. The van der Waals surface area contributed by atoms with Gasteiger partial charge in [0, 0.05) is 11.5 Å². The second-order valence-corrected chi connectivity index (χ2v) is 4.75. The van der Waals surface area contributed by atoms with Crippen LogP contribution in [-0.4, -0.2) is 26.8 Å². The van der Waals surface area contributed by atoms with Crippen LogP contribution >= 0.6 is 10.6 Å². The average Bonchev–Trinajstić information content (AvgIpc) is 1.83. The molecule has 0 bridgehead atoms. The van der Waals surface area contributed by atoms with Crippen LogP contribution < -0.4 is 0 Å². The second-order valence-electron chi connectivity index (χ2n) is 2.16. The molecule has 0 fully saturated rings. The van der Waals surface area contributed by atoms with Crippen LogP contribution in [0.1, 0.15) is 13.3 Å². The molecule has 0 amide bonds. The zero-order valence-corrected chi connectivity index (χ0v) is 6.87. The van der Waals surface area contributed by atoms with Crippen LogP contribution in [0.25, 0.3) is 0 Å². The lowest BCUT2D eigenvalue weighted by Gasteiger charge is -2.30.